The molecule has 0 amide bonds. The zero-order valence-corrected chi connectivity index (χ0v) is 16.6. The number of hydrogen-bond donors (Lipinski definition) is 0. The predicted octanol–water partition coefficient (Wildman–Crippen LogP) is 3.32. The maximum atomic E-state index is 12.1. The average Bonchev–Trinajstić information content (AvgIpc) is 2.57. The molecule has 0 aliphatic carbocycles. The fourth-order valence-corrected chi connectivity index (χ4v) is 2.98. The lowest BCUT2D eigenvalue weighted by atomic mass is 9.89. The van der Waals surface area contributed by atoms with E-state index in [1.807, 2.05) is 50.3 Å². The van der Waals surface area contributed by atoms with Crippen LogP contribution in [0.1, 0.15) is 32.3 Å². The SMILES string of the molecule is C/C=C/[C@H](C)[C@H](CCCOCc1ccc(OC)cc1)C(=O)OS(C)(=O)=O. The number of allylic oxidation sites excluding steroid dienone is 2. The average molecular weight is 384 g/mol. The van der Waals surface area contributed by atoms with Gasteiger partial charge in [-0.05, 0) is 43.4 Å². The largest absolute Gasteiger partial charge is 0.497 e. The standard InChI is InChI=1S/C19H28O6S/c1-5-7-15(2)18(19(20)25-26(4,21)22)8-6-13-24-14-16-9-11-17(23-3)12-10-16/h5,7,9-12,15,18H,6,8,13-14H2,1-4H3/b7-5+/t15-,18-/m0/s1. The van der Waals surface area contributed by atoms with E-state index < -0.39 is 22.0 Å². The third-order valence-electron chi connectivity index (χ3n) is 3.90. The first kappa shape index (κ1) is 22.2. The highest BCUT2D eigenvalue weighted by molar-refractivity contribution is 7.86. The normalized spacial score (nSPS) is 14.2. The van der Waals surface area contributed by atoms with Crippen LogP contribution in [0, 0.1) is 11.8 Å². The molecule has 0 saturated carbocycles. The summed E-state index contributed by atoms with van der Waals surface area (Å²) in [5, 5.41) is 0. The topological polar surface area (TPSA) is 78.9 Å². The molecule has 1 aromatic rings. The Morgan fingerprint density at radius 3 is 2.42 bits per heavy atom. The van der Waals surface area contributed by atoms with Crippen molar-refractivity contribution in [3.8, 4) is 5.75 Å². The summed E-state index contributed by atoms with van der Waals surface area (Å²) in [5.74, 6) is -0.562. The summed E-state index contributed by atoms with van der Waals surface area (Å²) in [4.78, 5) is 12.1. The van der Waals surface area contributed by atoms with Crippen LogP contribution in [0.3, 0.4) is 0 Å². The van der Waals surface area contributed by atoms with Gasteiger partial charge in [0.05, 0.1) is 25.9 Å². The van der Waals surface area contributed by atoms with E-state index in [9.17, 15) is 13.2 Å². The van der Waals surface area contributed by atoms with Crippen LogP contribution in [0.2, 0.25) is 0 Å². The van der Waals surface area contributed by atoms with Gasteiger partial charge in [-0.1, -0.05) is 31.2 Å². The van der Waals surface area contributed by atoms with Crippen molar-refractivity contribution in [3.63, 3.8) is 0 Å². The Hall–Kier alpha value is -1.86. The minimum atomic E-state index is -3.81. The highest BCUT2D eigenvalue weighted by Gasteiger charge is 2.27. The first-order chi connectivity index (χ1) is 12.3. The summed E-state index contributed by atoms with van der Waals surface area (Å²) in [5.41, 5.74) is 1.03. The number of ether oxygens (including phenoxy) is 2. The van der Waals surface area contributed by atoms with Crippen LogP contribution in [0.15, 0.2) is 36.4 Å². The van der Waals surface area contributed by atoms with Gasteiger partial charge in [0.15, 0.2) is 0 Å². The molecule has 0 saturated heterocycles. The quantitative estimate of drug-likeness (QED) is 0.331. The molecule has 146 valence electrons. The number of methoxy groups -OCH3 is 1. The van der Waals surface area contributed by atoms with Crippen LogP contribution in [0.5, 0.6) is 5.75 Å². The Balaban J connectivity index is 2.48. The van der Waals surface area contributed by atoms with Crippen LogP contribution < -0.4 is 4.74 Å². The Labute approximate surface area is 156 Å². The van der Waals surface area contributed by atoms with Crippen molar-refractivity contribution in [2.24, 2.45) is 11.8 Å². The van der Waals surface area contributed by atoms with Crippen LogP contribution in [0.25, 0.3) is 0 Å². The van der Waals surface area contributed by atoms with Crippen LogP contribution >= 0.6 is 0 Å². The molecule has 0 radical (unpaired) electrons. The van der Waals surface area contributed by atoms with Gasteiger partial charge in [0.2, 0.25) is 0 Å². The molecule has 0 bridgehead atoms. The van der Waals surface area contributed by atoms with E-state index in [0.29, 0.717) is 26.1 Å². The van der Waals surface area contributed by atoms with Gasteiger partial charge in [-0.3, -0.25) is 4.79 Å². The molecule has 0 aliphatic rings. The minimum Gasteiger partial charge on any atom is -0.497 e. The molecule has 0 unspecified atom stereocenters. The smallest absolute Gasteiger partial charge is 0.325 e. The van der Waals surface area contributed by atoms with Crippen molar-refractivity contribution in [2.75, 3.05) is 20.0 Å². The number of rotatable bonds is 11. The van der Waals surface area contributed by atoms with E-state index in [1.165, 1.54) is 0 Å². The molecule has 7 heteroatoms. The second kappa shape index (κ2) is 11.0. The van der Waals surface area contributed by atoms with Gasteiger partial charge < -0.3 is 13.7 Å². The minimum absolute atomic E-state index is 0.115. The lowest BCUT2D eigenvalue weighted by Crippen LogP contribution is -2.26. The van der Waals surface area contributed by atoms with Crippen LogP contribution in [0.4, 0.5) is 0 Å². The number of carbonyl (C=O) groups excluding carboxylic acids is 1. The Morgan fingerprint density at radius 2 is 1.88 bits per heavy atom. The van der Waals surface area contributed by atoms with E-state index in [4.69, 9.17) is 9.47 Å². The van der Waals surface area contributed by atoms with Gasteiger partial charge in [0.25, 0.3) is 0 Å². The molecule has 0 aliphatic heterocycles. The zero-order valence-electron chi connectivity index (χ0n) is 15.8. The molecule has 0 heterocycles. The Morgan fingerprint density at radius 1 is 1.23 bits per heavy atom. The van der Waals surface area contributed by atoms with E-state index in [1.54, 1.807) is 7.11 Å². The van der Waals surface area contributed by atoms with E-state index >= 15 is 0 Å². The Bertz CT molecular complexity index is 678. The van der Waals surface area contributed by atoms with Gasteiger partial charge in [-0.25, -0.2) is 0 Å². The highest BCUT2D eigenvalue weighted by Crippen LogP contribution is 2.22. The van der Waals surface area contributed by atoms with Gasteiger partial charge in [0.1, 0.15) is 5.75 Å². The summed E-state index contributed by atoms with van der Waals surface area (Å²) < 4.78 is 37.7. The van der Waals surface area contributed by atoms with Gasteiger partial charge in [0, 0.05) is 6.61 Å². The van der Waals surface area contributed by atoms with Crippen LogP contribution in [-0.4, -0.2) is 34.4 Å². The molecule has 1 aromatic carbocycles. The molecule has 2 atom stereocenters. The second-order valence-electron chi connectivity index (χ2n) is 6.14. The van der Waals surface area contributed by atoms with Crippen molar-refractivity contribution in [3.05, 3.63) is 42.0 Å². The van der Waals surface area contributed by atoms with Crippen molar-refractivity contribution < 1.29 is 26.9 Å². The maximum absolute atomic E-state index is 12.1. The summed E-state index contributed by atoms with van der Waals surface area (Å²) in [7, 11) is -2.19. The lowest BCUT2D eigenvalue weighted by Gasteiger charge is -2.19. The fraction of sp³-hybridized carbons (Fsp3) is 0.526. The zero-order chi connectivity index (χ0) is 19.6. The summed E-state index contributed by atoms with van der Waals surface area (Å²) in [6, 6.07) is 7.60. The molecular weight excluding hydrogens is 356 g/mol. The van der Waals surface area contributed by atoms with Crippen molar-refractivity contribution in [2.45, 2.75) is 33.3 Å². The number of carbonyl (C=O) groups is 1. The van der Waals surface area contributed by atoms with Gasteiger partial charge >= 0.3 is 16.1 Å². The van der Waals surface area contributed by atoms with Gasteiger partial charge in [-0.2, -0.15) is 8.42 Å². The molecule has 1 rings (SSSR count). The molecule has 6 nitrogen and oxygen atoms in total. The molecule has 0 N–H and O–H groups in total. The lowest BCUT2D eigenvalue weighted by molar-refractivity contribution is -0.139. The number of hydrogen-bond acceptors (Lipinski definition) is 6. The van der Waals surface area contributed by atoms with Crippen molar-refractivity contribution in [1.82, 2.24) is 0 Å². The van der Waals surface area contributed by atoms with E-state index in [-0.39, 0.29) is 5.92 Å². The van der Waals surface area contributed by atoms with Crippen molar-refractivity contribution >= 4 is 16.1 Å². The number of benzene rings is 1. The highest BCUT2D eigenvalue weighted by atomic mass is 32.2. The third kappa shape index (κ3) is 8.49. The van der Waals surface area contributed by atoms with Gasteiger partial charge in [-0.15, -0.1) is 0 Å². The Kier molecular flexibility index (Phi) is 9.37. The molecule has 0 fully saturated rings. The van der Waals surface area contributed by atoms with E-state index in [0.717, 1.165) is 17.6 Å². The summed E-state index contributed by atoms with van der Waals surface area (Å²) >= 11 is 0. The summed E-state index contributed by atoms with van der Waals surface area (Å²) in [6.45, 7) is 4.66. The molecule has 0 spiro atoms. The first-order valence-corrected chi connectivity index (χ1v) is 10.3. The predicted molar refractivity (Wildman–Crippen MR) is 100 cm³/mol. The molecule has 0 aromatic heterocycles. The van der Waals surface area contributed by atoms with Crippen molar-refractivity contribution in [1.29, 1.82) is 0 Å². The van der Waals surface area contributed by atoms with Crippen LogP contribution in [-0.2, 0) is 30.4 Å². The first-order valence-electron chi connectivity index (χ1n) is 8.53. The molecular formula is C19H28O6S. The van der Waals surface area contributed by atoms with E-state index in [2.05, 4.69) is 4.18 Å². The molecule has 26 heavy (non-hydrogen) atoms. The summed E-state index contributed by atoms with van der Waals surface area (Å²) in [6.07, 6.45) is 5.70. The fourth-order valence-electron chi connectivity index (χ4n) is 2.56. The third-order valence-corrected chi connectivity index (χ3v) is 4.37. The second-order valence-corrected chi connectivity index (χ2v) is 7.72. The monoisotopic (exact) mass is 384 g/mol. The maximum Gasteiger partial charge on any atom is 0.325 e.